The second kappa shape index (κ2) is 10.1. The number of hydrogen-bond acceptors (Lipinski definition) is 4. The van der Waals surface area contributed by atoms with E-state index in [1.165, 1.54) is 5.56 Å². The summed E-state index contributed by atoms with van der Waals surface area (Å²) in [5.41, 5.74) is 6.48. The Morgan fingerprint density at radius 1 is 1.38 bits per heavy atom. The molecule has 0 amide bonds. The van der Waals surface area contributed by atoms with E-state index in [1.54, 1.807) is 0 Å². The zero-order valence-corrected chi connectivity index (χ0v) is 12.5. The molecule has 0 bridgehead atoms. The van der Waals surface area contributed by atoms with Crippen molar-refractivity contribution in [2.75, 3.05) is 13.2 Å². The highest BCUT2D eigenvalue weighted by Gasteiger charge is 2.01. The van der Waals surface area contributed by atoms with Gasteiger partial charge in [0.25, 0.3) is 0 Å². The third kappa shape index (κ3) is 16.3. The lowest BCUT2D eigenvalue weighted by atomic mass is 10.2. The van der Waals surface area contributed by atoms with Gasteiger partial charge in [-0.3, -0.25) is 14.5 Å². The maximum Gasteiger partial charge on any atom is 0.394 e. The van der Waals surface area contributed by atoms with Gasteiger partial charge in [-0.1, -0.05) is 30.3 Å². The molecule has 0 aliphatic rings. The zero-order valence-electron chi connectivity index (χ0n) is 11.7. The first kappa shape index (κ1) is 19.3. The van der Waals surface area contributed by atoms with Gasteiger partial charge >= 0.3 is 10.4 Å². The van der Waals surface area contributed by atoms with Gasteiger partial charge < -0.3 is 15.8 Å². The zero-order chi connectivity index (χ0) is 16.3. The van der Waals surface area contributed by atoms with Gasteiger partial charge in [-0.05, 0) is 18.9 Å². The van der Waals surface area contributed by atoms with Gasteiger partial charge in [0, 0.05) is 6.04 Å². The minimum absolute atomic E-state index is 0.0147. The van der Waals surface area contributed by atoms with Crippen LogP contribution in [0.2, 0.25) is 0 Å². The first-order chi connectivity index (χ1) is 9.68. The van der Waals surface area contributed by atoms with E-state index < -0.39 is 10.4 Å². The largest absolute Gasteiger partial charge is 0.394 e. The standard InChI is InChI=1S/C12H19N3O.H2O4S/c1-10(15-12(13)14)9-16-8-7-11-5-3-2-4-6-11;1-5(2,3)4/h2-6,10H,7-9H2,1H3,(H4,13,14,15);(H2,1,2,3,4). The van der Waals surface area contributed by atoms with Crippen molar-refractivity contribution in [3.05, 3.63) is 35.9 Å². The molecule has 0 saturated heterocycles. The van der Waals surface area contributed by atoms with E-state index >= 15 is 0 Å². The SMILES string of the molecule is CC(COCCc1ccccc1)NC(=N)N.O=S(=O)(O)O. The summed E-state index contributed by atoms with van der Waals surface area (Å²) in [7, 11) is -4.67. The monoisotopic (exact) mass is 319 g/mol. The minimum Gasteiger partial charge on any atom is -0.379 e. The Morgan fingerprint density at radius 3 is 2.38 bits per heavy atom. The molecule has 1 atom stereocenters. The van der Waals surface area contributed by atoms with Crippen molar-refractivity contribution >= 4 is 16.4 Å². The Kier molecular flexibility index (Phi) is 9.30. The fraction of sp³-hybridized carbons (Fsp3) is 0.417. The molecule has 1 unspecified atom stereocenters. The van der Waals surface area contributed by atoms with Gasteiger partial charge in [0.1, 0.15) is 0 Å². The van der Waals surface area contributed by atoms with Crippen molar-refractivity contribution in [3.63, 3.8) is 0 Å². The molecule has 1 aromatic carbocycles. The molecular weight excluding hydrogens is 298 g/mol. The van der Waals surface area contributed by atoms with E-state index in [1.807, 2.05) is 25.1 Å². The van der Waals surface area contributed by atoms with Gasteiger partial charge in [0.2, 0.25) is 0 Å². The summed E-state index contributed by atoms with van der Waals surface area (Å²) in [6.07, 6.45) is 0.910. The number of benzene rings is 1. The van der Waals surface area contributed by atoms with E-state index in [0.717, 1.165) is 6.42 Å². The summed E-state index contributed by atoms with van der Waals surface area (Å²) in [6.45, 7) is 3.18. The Morgan fingerprint density at radius 2 is 1.90 bits per heavy atom. The Bertz CT molecular complexity index is 499. The van der Waals surface area contributed by atoms with E-state index in [0.29, 0.717) is 13.2 Å². The summed E-state index contributed by atoms with van der Waals surface area (Å²) in [5, 5.41) is 9.83. The van der Waals surface area contributed by atoms with Gasteiger partial charge in [-0.25, -0.2) is 0 Å². The van der Waals surface area contributed by atoms with Crippen LogP contribution in [0, 0.1) is 5.41 Å². The molecule has 0 aromatic heterocycles. The van der Waals surface area contributed by atoms with Crippen molar-refractivity contribution < 1.29 is 22.3 Å². The lowest BCUT2D eigenvalue weighted by molar-refractivity contribution is 0.123. The first-order valence-corrected chi connectivity index (χ1v) is 7.50. The Labute approximate surface area is 124 Å². The molecule has 9 heteroatoms. The summed E-state index contributed by atoms with van der Waals surface area (Å²) < 4.78 is 37.1. The van der Waals surface area contributed by atoms with Crippen molar-refractivity contribution in [2.24, 2.45) is 5.73 Å². The van der Waals surface area contributed by atoms with Gasteiger partial charge in [-0.2, -0.15) is 8.42 Å². The molecule has 0 radical (unpaired) electrons. The predicted octanol–water partition coefficient (Wildman–Crippen LogP) is 0.464. The van der Waals surface area contributed by atoms with E-state index in [4.69, 9.17) is 33.4 Å². The molecule has 21 heavy (non-hydrogen) atoms. The lowest BCUT2D eigenvalue weighted by Gasteiger charge is -2.13. The van der Waals surface area contributed by atoms with Crippen LogP contribution in [0.15, 0.2) is 30.3 Å². The quantitative estimate of drug-likeness (QED) is 0.221. The summed E-state index contributed by atoms with van der Waals surface area (Å²) in [4.78, 5) is 0. The molecule has 120 valence electrons. The second-order valence-electron chi connectivity index (χ2n) is 4.22. The van der Waals surface area contributed by atoms with Gasteiger partial charge in [0.15, 0.2) is 5.96 Å². The van der Waals surface area contributed by atoms with Crippen LogP contribution in [0.1, 0.15) is 12.5 Å². The van der Waals surface area contributed by atoms with Gasteiger partial charge in [-0.15, -0.1) is 0 Å². The molecule has 1 aromatic rings. The van der Waals surface area contributed by atoms with E-state index in [-0.39, 0.29) is 12.0 Å². The van der Waals surface area contributed by atoms with Crippen LogP contribution < -0.4 is 11.1 Å². The second-order valence-corrected chi connectivity index (χ2v) is 5.11. The predicted molar refractivity (Wildman–Crippen MR) is 79.7 cm³/mol. The van der Waals surface area contributed by atoms with Crippen LogP contribution >= 0.6 is 0 Å². The fourth-order valence-electron chi connectivity index (χ4n) is 1.40. The number of nitrogens with one attached hydrogen (secondary N) is 2. The molecule has 8 nitrogen and oxygen atoms in total. The summed E-state index contributed by atoms with van der Waals surface area (Å²) >= 11 is 0. The Hall–Kier alpha value is -1.68. The molecule has 0 aliphatic carbocycles. The molecular formula is C12H21N3O5S. The minimum atomic E-state index is -4.67. The molecule has 0 heterocycles. The topological polar surface area (TPSA) is 146 Å². The average Bonchev–Trinajstić information content (AvgIpc) is 2.33. The number of rotatable bonds is 6. The lowest BCUT2D eigenvalue weighted by Crippen LogP contribution is -2.40. The summed E-state index contributed by atoms with van der Waals surface area (Å²) in [5.74, 6) is -0.0147. The molecule has 0 saturated carbocycles. The number of guanidine groups is 1. The molecule has 0 spiro atoms. The smallest absolute Gasteiger partial charge is 0.379 e. The molecule has 1 rings (SSSR count). The van der Waals surface area contributed by atoms with Crippen LogP contribution in [-0.4, -0.2) is 42.7 Å². The summed E-state index contributed by atoms with van der Waals surface area (Å²) in [6, 6.07) is 10.3. The average molecular weight is 319 g/mol. The normalized spacial score (nSPS) is 12.0. The number of nitrogens with two attached hydrogens (primary N) is 1. The van der Waals surface area contributed by atoms with Crippen LogP contribution in [0.3, 0.4) is 0 Å². The van der Waals surface area contributed by atoms with Crippen molar-refractivity contribution in [3.8, 4) is 0 Å². The van der Waals surface area contributed by atoms with Gasteiger partial charge in [0.05, 0.1) is 13.2 Å². The van der Waals surface area contributed by atoms with E-state index in [2.05, 4.69) is 17.4 Å². The highest BCUT2D eigenvalue weighted by atomic mass is 32.3. The fourth-order valence-corrected chi connectivity index (χ4v) is 1.40. The van der Waals surface area contributed by atoms with Crippen molar-refractivity contribution in [1.82, 2.24) is 5.32 Å². The first-order valence-electron chi connectivity index (χ1n) is 6.10. The van der Waals surface area contributed by atoms with Crippen LogP contribution in [0.5, 0.6) is 0 Å². The van der Waals surface area contributed by atoms with Crippen LogP contribution in [0.4, 0.5) is 0 Å². The highest BCUT2D eigenvalue weighted by molar-refractivity contribution is 7.79. The number of hydrogen-bond donors (Lipinski definition) is 5. The number of ether oxygens (including phenoxy) is 1. The van der Waals surface area contributed by atoms with Crippen LogP contribution in [0.25, 0.3) is 0 Å². The van der Waals surface area contributed by atoms with Crippen molar-refractivity contribution in [2.45, 2.75) is 19.4 Å². The highest BCUT2D eigenvalue weighted by Crippen LogP contribution is 1.99. The molecule has 0 aliphatic heterocycles. The third-order valence-electron chi connectivity index (χ3n) is 2.15. The molecule has 0 fully saturated rings. The van der Waals surface area contributed by atoms with Crippen molar-refractivity contribution in [1.29, 1.82) is 5.41 Å². The maximum atomic E-state index is 8.74. The van der Waals surface area contributed by atoms with E-state index in [9.17, 15) is 0 Å². The molecule has 6 N–H and O–H groups in total. The Balaban J connectivity index is 0.000000690. The third-order valence-corrected chi connectivity index (χ3v) is 2.15. The maximum absolute atomic E-state index is 8.74. The van der Waals surface area contributed by atoms with Crippen LogP contribution in [-0.2, 0) is 21.6 Å².